The number of rotatable bonds is 5. The highest BCUT2D eigenvalue weighted by molar-refractivity contribution is 6.89. The molecule has 0 saturated carbocycles. The van der Waals surface area contributed by atoms with Gasteiger partial charge in [-0.3, -0.25) is 4.98 Å². The molecule has 0 radical (unpaired) electrons. The Hall–Kier alpha value is -3.49. The van der Waals surface area contributed by atoms with Crippen molar-refractivity contribution >= 4 is 37.6 Å². The molecule has 0 spiro atoms. The first kappa shape index (κ1) is 35.8. The molecule has 48 heavy (non-hydrogen) atoms. The van der Waals surface area contributed by atoms with Crippen LogP contribution < -0.4 is 10.4 Å². The number of phenolic OH excluding ortho intramolecular Hbond substituents is 1. The van der Waals surface area contributed by atoms with Crippen LogP contribution in [-0.4, -0.2) is 31.2 Å². The van der Waals surface area contributed by atoms with Crippen LogP contribution in [0.4, 0.5) is 0 Å². The van der Waals surface area contributed by atoms with Crippen LogP contribution in [-0.2, 0) is 16.2 Å². The summed E-state index contributed by atoms with van der Waals surface area (Å²) in [6.45, 7) is 34.0. The number of aromatic nitrogens is 2. The van der Waals surface area contributed by atoms with Crippen molar-refractivity contribution in [2.24, 2.45) is 0 Å². The standard InChI is InChI=1S/C42H56N2O2Si2/c1-40(2,3)28-19-26(18-27(20-28)35-24-30(16-17-43-35)47(10,11)12)32-23-31(48(13,14)15)25-36-37(32)44-39(46-36)33-21-29(41(4,5)6)22-34(38(33)45)42(7,8)9/h16-25,45H,1-15H3. The van der Waals surface area contributed by atoms with Gasteiger partial charge in [0.2, 0.25) is 5.89 Å². The summed E-state index contributed by atoms with van der Waals surface area (Å²) >= 11 is 0. The normalized spacial score (nSPS) is 13.4. The topological polar surface area (TPSA) is 59.2 Å². The Bertz CT molecular complexity index is 2000. The highest BCUT2D eigenvalue weighted by atomic mass is 28.3. The molecule has 2 heterocycles. The monoisotopic (exact) mass is 676 g/mol. The van der Waals surface area contributed by atoms with Crippen LogP contribution in [0.25, 0.3) is 44.9 Å². The van der Waals surface area contributed by atoms with E-state index in [-0.39, 0.29) is 22.0 Å². The van der Waals surface area contributed by atoms with Gasteiger partial charge in [-0.15, -0.1) is 0 Å². The van der Waals surface area contributed by atoms with Crippen LogP contribution in [0.5, 0.6) is 5.75 Å². The van der Waals surface area contributed by atoms with Crippen molar-refractivity contribution in [2.75, 3.05) is 0 Å². The molecule has 0 aliphatic carbocycles. The van der Waals surface area contributed by atoms with Gasteiger partial charge >= 0.3 is 0 Å². The second-order valence-electron chi connectivity index (χ2n) is 18.8. The number of aromatic hydroxyl groups is 1. The van der Waals surface area contributed by atoms with Crippen molar-refractivity contribution in [1.82, 2.24) is 9.97 Å². The lowest BCUT2D eigenvalue weighted by molar-refractivity contribution is 0.444. The van der Waals surface area contributed by atoms with Crippen LogP contribution in [0.15, 0.2) is 65.2 Å². The summed E-state index contributed by atoms with van der Waals surface area (Å²) in [4.78, 5) is 10.1. The van der Waals surface area contributed by atoms with Gasteiger partial charge in [-0.25, -0.2) is 4.98 Å². The molecule has 0 aliphatic heterocycles. The van der Waals surface area contributed by atoms with Gasteiger partial charge in [0.1, 0.15) is 11.3 Å². The molecule has 254 valence electrons. The van der Waals surface area contributed by atoms with E-state index in [1.807, 2.05) is 6.20 Å². The van der Waals surface area contributed by atoms with Gasteiger partial charge in [-0.2, -0.15) is 0 Å². The summed E-state index contributed by atoms with van der Waals surface area (Å²) in [5, 5.41) is 14.4. The lowest BCUT2D eigenvalue weighted by Crippen LogP contribution is -2.37. The molecule has 5 rings (SSSR count). The zero-order valence-electron chi connectivity index (χ0n) is 32.0. The predicted octanol–water partition coefficient (Wildman–Crippen LogP) is 10.9. The number of oxazole rings is 1. The Balaban J connectivity index is 1.83. The average molecular weight is 677 g/mol. The fourth-order valence-electron chi connectivity index (χ4n) is 6.02. The lowest BCUT2D eigenvalue weighted by Gasteiger charge is -2.27. The molecule has 0 saturated heterocycles. The summed E-state index contributed by atoms with van der Waals surface area (Å²) < 4.78 is 6.68. The molecule has 0 unspecified atom stereocenters. The van der Waals surface area contributed by atoms with Crippen molar-refractivity contribution in [3.8, 4) is 39.6 Å². The van der Waals surface area contributed by atoms with Crippen LogP contribution in [0.1, 0.15) is 79.0 Å². The minimum Gasteiger partial charge on any atom is -0.507 e. The number of benzene rings is 3. The van der Waals surface area contributed by atoms with Crippen molar-refractivity contribution < 1.29 is 9.52 Å². The number of phenols is 1. The van der Waals surface area contributed by atoms with Gasteiger partial charge in [0.25, 0.3) is 0 Å². The second kappa shape index (κ2) is 11.8. The Morgan fingerprint density at radius 3 is 1.75 bits per heavy atom. The van der Waals surface area contributed by atoms with Crippen molar-refractivity contribution in [3.05, 3.63) is 77.5 Å². The van der Waals surface area contributed by atoms with E-state index < -0.39 is 16.1 Å². The van der Waals surface area contributed by atoms with Gasteiger partial charge in [0.05, 0.1) is 27.4 Å². The molecule has 4 nitrogen and oxygen atoms in total. The molecule has 5 aromatic rings. The SMILES string of the molecule is CC(C)(C)c1cc(-c2cc([Si](C)(C)C)ccn2)cc(-c2cc([Si](C)(C)C)cc3oc(-c4cc(C(C)(C)C)cc(C(C)(C)C)c4O)nc23)c1. The molecule has 3 aromatic carbocycles. The maximum atomic E-state index is 11.7. The molecule has 0 bridgehead atoms. The fraction of sp³-hybridized carbons (Fsp3) is 0.429. The minimum absolute atomic E-state index is 0.0752. The molecule has 0 amide bonds. The third-order valence-electron chi connectivity index (χ3n) is 9.41. The van der Waals surface area contributed by atoms with Crippen molar-refractivity contribution in [2.45, 2.75) is 118 Å². The zero-order chi connectivity index (χ0) is 35.8. The van der Waals surface area contributed by atoms with Crippen LogP contribution in [0.2, 0.25) is 39.3 Å². The highest BCUT2D eigenvalue weighted by Gasteiger charge is 2.29. The van der Waals surface area contributed by atoms with E-state index in [0.29, 0.717) is 11.5 Å². The summed E-state index contributed by atoms with van der Waals surface area (Å²) in [5.74, 6) is 0.684. The first-order valence-electron chi connectivity index (χ1n) is 17.3. The summed E-state index contributed by atoms with van der Waals surface area (Å²) in [7, 11) is -3.30. The summed E-state index contributed by atoms with van der Waals surface area (Å²) in [5.41, 5.74) is 9.29. The molecule has 0 aliphatic rings. The molecular weight excluding hydrogens is 621 g/mol. The van der Waals surface area contributed by atoms with Gasteiger partial charge in [0.15, 0.2) is 5.58 Å². The van der Waals surface area contributed by atoms with Crippen molar-refractivity contribution in [1.29, 1.82) is 0 Å². The second-order valence-corrected chi connectivity index (χ2v) is 28.9. The number of hydrogen-bond donors (Lipinski definition) is 1. The smallest absolute Gasteiger partial charge is 0.231 e. The third-order valence-corrected chi connectivity index (χ3v) is 13.5. The lowest BCUT2D eigenvalue weighted by atomic mass is 9.79. The molecule has 2 aromatic heterocycles. The number of nitrogens with zero attached hydrogens (tertiary/aromatic N) is 2. The van der Waals surface area contributed by atoms with E-state index in [0.717, 1.165) is 44.6 Å². The van der Waals surface area contributed by atoms with Crippen LogP contribution >= 0.6 is 0 Å². The van der Waals surface area contributed by atoms with Gasteiger partial charge in [-0.05, 0) is 69.3 Å². The quantitative estimate of drug-likeness (QED) is 0.188. The van der Waals surface area contributed by atoms with Gasteiger partial charge < -0.3 is 9.52 Å². The fourth-order valence-corrected chi connectivity index (χ4v) is 8.30. The largest absolute Gasteiger partial charge is 0.507 e. The van der Waals surface area contributed by atoms with Crippen LogP contribution in [0, 0.1) is 0 Å². The molecule has 6 heteroatoms. The maximum Gasteiger partial charge on any atom is 0.231 e. The van der Waals surface area contributed by atoms with E-state index in [4.69, 9.17) is 14.4 Å². The van der Waals surface area contributed by atoms with Crippen molar-refractivity contribution in [3.63, 3.8) is 0 Å². The maximum absolute atomic E-state index is 11.7. The highest BCUT2D eigenvalue weighted by Crippen LogP contribution is 2.44. The molecule has 0 fully saturated rings. The van der Waals surface area contributed by atoms with Gasteiger partial charge in [-0.1, -0.05) is 130 Å². The molecular formula is C42H56N2O2Si2. The summed E-state index contributed by atoms with van der Waals surface area (Å²) in [6, 6.07) is 20.1. The van der Waals surface area contributed by atoms with E-state index in [9.17, 15) is 5.11 Å². The minimum atomic E-state index is -1.76. The van der Waals surface area contributed by atoms with E-state index >= 15 is 0 Å². The molecule has 0 atom stereocenters. The Morgan fingerprint density at radius 1 is 0.604 bits per heavy atom. The Morgan fingerprint density at radius 2 is 1.19 bits per heavy atom. The molecule has 1 N–H and O–H groups in total. The Kier molecular flexibility index (Phi) is 8.83. The summed E-state index contributed by atoms with van der Waals surface area (Å²) in [6.07, 6.45) is 1.96. The first-order chi connectivity index (χ1) is 21.8. The number of hydrogen-bond acceptors (Lipinski definition) is 4. The van der Waals surface area contributed by atoms with E-state index in [1.165, 1.54) is 15.9 Å². The Labute approximate surface area is 291 Å². The zero-order valence-corrected chi connectivity index (χ0v) is 34.0. The van der Waals surface area contributed by atoms with E-state index in [2.05, 4.69) is 156 Å². The first-order valence-corrected chi connectivity index (χ1v) is 24.3. The third kappa shape index (κ3) is 7.25. The number of fused-ring (bicyclic) bond motifs is 1. The predicted molar refractivity (Wildman–Crippen MR) is 212 cm³/mol. The van der Waals surface area contributed by atoms with Gasteiger partial charge in [0, 0.05) is 22.9 Å². The number of pyridine rings is 1. The van der Waals surface area contributed by atoms with E-state index in [1.54, 1.807) is 0 Å². The average Bonchev–Trinajstić information content (AvgIpc) is 3.38. The van der Waals surface area contributed by atoms with Crippen LogP contribution in [0.3, 0.4) is 0 Å².